The van der Waals surface area contributed by atoms with E-state index in [2.05, 4.69) is 10.2 Å². The van der Waals surface area contributed by atoms with E-state index in [9.17, 15) is 17.6 Å². The van der Waals surface area contributed by atoms with E-state index >= 15 is 0 Å². The van der Waals surface area contributed by atoms with Gasteiger partial charge in [0.25, 0.3) is 0 Å². The molecule has 0 spiro atoms. The number of fused-ring (bicyclic) bond motifs is 1. The molecule has 2 heterocycles. The number of sulfone groups is 1. The first-order valence-corrected chi connectivity index (χ1v) is 9.98. The SMILES string of the molecule is C[C@H](C(=O)N[C@@H]1CCN2CCCC[C@@H]12)S(=O)(=O)c1ccc(F)cc1. The molecule has 7 heteroatoms. The van der Waals surface area contributed by atoms with Gasteiger partial charge in [-0.15, -0.1) is 0 Å². The summed E-state index contributed by atoms with van der Waals surface area (Å²) in [6.45, 7) is 3.40. The lowest BCUT2D eigenvalue weighted by Crippen LogP contribution is -2.50. The fourth-order valence-corrected chi connectivity index (χ4v) is 4.96. The van der Waals surface area contributed by atoms with Crippen molar-refractivity contribution < 1.29 is 17.6 Å². The van der Waals surface area contributed by atoms with Gasteiger partial charge in [-0.2, -0.15) is 0 Å². The van der Waals surface area contributed by atoms with Gasteiger partial charge in [-0.1, -0.05) is 6.42 Å². The molecule has 132 valence electrons. The van der Waals surface area contributed by atoms with Crippen molar-refractivity contribution in [1.82, 2.24) is 10.2 Å². The van der Waals surface area contributed by atoms with Gasteiger partial charge in [0.1, 0.15) is 11.1 Å². The Hall–Kier alpha value is -1.47. The van der Waals surface area contributed by atoms with Crippen molar-refractivity contribution in [2.24, 2.45) is 0 Å². The molecule has 5 nitrogen and oxygen atoms in total. The second kappa shape index (κ2) is 6.80. The third-order valence-electron chi connectivity index (χ3n) is 5.16. The molecule has 1 N–H and O–H groups in total. The molecule has 1 aromatic rings. The van der Waals surface area contributed by atoms with Crippen molar-refractivity contribution in [1.29, 1.82) is 0 Å². The second-order valence-corrected chi connectivity index (χ2v) is 8.91. The maximum atomic E-state index is 13.0. The van der Waals surface area contributed by atoms with Crippen molar-refractivity contribution in [2.75, 3.05) is 13.1 Å². The topological polar surface area (TPSA) is 66.5 Å². The van der Waals surface area contributed by atoms with Crippen molar-refractivity contribution in [3.8, 4) is 0 Å². The molecule has 1 amide bonds. The lowest BCUT2D eigenvalue weighted by atomic mass is 9.99. The Morgan fingerprint density at radius 2 is 1.92 bits per heavy atom. The van der Waals surface area contributed by atoms with E-state index in [-0.39, 0.29) is 10.9 Å². The van der Waals surface area contributed by atoms with Gasteiger partial charge < -0.3 is 5.32 Å². The first-order valence-electron chi connectivity index (χ1n) is 8.43. The smallest absolute Gasteiger partial charge is 0.238 e. The predicted molar refractivity (Wildman–Crippen MR) is 88.8 cm³/mol. The van der Waals surface area contributed by atoms with Gasteiger partial charge in [-0.3, -0.25) is 9.69 Å². The number of halogens is 1. The zero-order valence-corrected chi connectivity index (χ0v) is 14.6. The summed E-state index contributed by atoms with van der Waals surface area (Å²) in [5, 5.41) is 1.74. The number of amides is 1. The Balaban J connectivity index is 1.69. The summed E-state index contributed by atoms with van der Waals surface area (Å²) < 4.78 is 38.1. The van der Waals surface area contributed by atoms with Crippen LogP contribution in [0.5, 0.6) is 0 Å². The molecular formula is C17H23FN2O3S. The van der Waals surface area contributed by atoms with E-state index < -0.39 is 26.8 Å². The average Bonchev–Trinajstić information content (AvgIpc) is 2.97. The van der Waals surface area contributed by atoms with E-state index in [1.165, 1.54) is 25.5 Å². The summed E-state index contributed by atoms with van der Waals surface area (Å²) in [7, 11) is -3.82. The number of hydrogen-bond donors (Lipinski definition) is 1. The molecule has 0 radical (unpaired) electrons. The van der Waals surface area contributed by atoms with Gasteiger partial charge in [-0.05, 0) is 57.0 Å². The Labute approximate surface area is 142 Å². The number of benzene rings is 1. The van der Waals surface area contributed by atoms with Crippen molar-refractivity contribution in [3.05, 3.63) is 30.1 Å². The molecule has 0 aliphatic carbocycles. The summed E-state index contributed by atoms with van der Waals surface area (Å²) >= 11 is 0. The van der Waals surface area contributed by atoms with Gasteiger partial charge >= 0.3 is 0 Å². The fourth-order valence-electron chi connectivity index (χ4n) is 3.69. The summed E-state index contributed by atoms with van der Waals surface area (Å²) in [6.07, 6.45) is 4.24. The van der Waals surface area contributed by atoms with E-state index in [1.54, 1.807) is 0 Å². The summed E-state index contributed by atoms with van der Waals surface area (Å²) in [5.41, 5.74) is 0. The highest BCUT2D eigenvalue weighted by Crippen LogP contribution is 2.27. The van der Waals surface area contributed by atoms with Gasteiger partial charge in [0, 0.05) is 18.6 Å². The Morgan fingerprint density at radius 1 is 1.21 bits per heavy atom. The highest BCUT2D eigenvalue weighted by molar-refractivity contribution is 7.92. The molecule has 0 aromatic heterocycles. The molecule has 3 atom stereocenters. The Morgan fingerprint density at radius 3 is 2.62 bits per heavy atom. The zero-order chi connectivity index (χ0) is 17.3. The second-order valence-electron chi connectivity index (χ2n) is 6.64. The molecule has 3 rings (SSSR count). The van der Waals surface area contributed by atoms with Crippen LogP contribution in [0.2, 0.25) is 0 Å². The van der Waals surface area contributed by atoms with Gasteiger partial charge in [-0.25, -0.2) is 12.8 Å². The van der Waals surface area contributed by atoms with Crippen LogP contribution in [0.1, 0.15) is 32.6 Å². The third-order valence-corrected chi connectivity index (χ3v) is 7.23. The maximum absolute atomic E-state index is 13.0. The minimum atomic E-state index is -3.82. The minimum Gasteiger partial charge on any atom is -0.351 e. The van der Waals surface area contributed by atoms with Crippen LogP contribution in [0.3, 0.4) is 0 Å². The highest BCUT2D eigenvalue weighted by Gasteiger charge is 2.38. The zero-order valence-electron chi connectivity index (χ0n) is 13.7. The lowest BCUT2D eigenvalue weighted by Gasteiger charge is -2.32. The molecular weight excluding hydrogens is 331 g/mol. The number of nitrogens with one attached hydrogen (secondary N) is 1. The van der Waals surface area contributed by atoms with Crippen LogP contribution in [0.25, 0.3) is 0 Å². The number of carbonyl (C=O) groups is 1. The third kappa shape index (κ3) is 3.32. The van der Waals surface area contributed by atoms with Crippen molar-refractivity contribution in [3.63, 3.8) is 0 Å². The summed E-state index contributed by atoms with van der Waals surface area (Å²) in [6, 6.07) is 4.93. The normalized spacial score (nSPS) is 25.9. The van der Waals surface area contributed by atoms with Crippen molar-refractivity contribution >= 4 is 15.7 Å². The molecule has 2 aliphatic rings. The van der Waals surface area contributed by atoms with E-state index in [1.807, 2.05) is 0 Å². The van der Waals surface area contributed by atoms with Crippen LogP contribution in [-0.2, 0) is 14.6 Å². The van der Waals surface area contributed by atoms with Gasteiger partial charge in [0.2, 0.25) is 5.91 Å². The molecule has 0 saturated carbocycles. The monoisotopic (exact) mass is 354 g/mol. The molecule has 0 bridgehead atoms. The van der Waals surface area contributed by atoms with Crippen LogP contribution in [0, 0.1) is 5.82 Å². The Kier molecular flexibility index (Phi) is 4.92. The molecule has 2 saturated heterocycles. The van der Waals surface area contributed by atoms with E-state index in [0.717, 1.165) is 44.5 Å². The molecule has 2 fully saturated rings. The molecule has 1 aromatic carbocycles. The number of carbonyl (C=O) groups excluding carboxylic acids is 1. The minimum absolute atomic E-state index is 0.0173. The number of rotatable bonds is 4. The average molecular weight is 354 g/mol. The van der Waals surface area contributed by atoms with Crippen LogP contribution < -0.4 is 5.32 Å². The fraction of sp³-hybridized carbons (Fsp3) is 0.588. The van der Waals surface area contributed by atoms with Gasteiger partial charge in [0.15, 0.2) is 9.84 Å². The summed E-state index contributed by atoms with van der Waals surface area (Å²) in [5.74, 6) is -0.980. The molecule has 0 unspecified atom stereocenters. The Bertz CT molecular complexity index is 705. The van der Waals surface area contributed by atoms with Crippen LogP contribution in [-0.4, -0.2) is 49.6 Å². The standard InChI is InChI=1S/C17H23FN2O3S/c1-12(24(22,23)14-7-5-13(18)6-8-14)17(21)19-15-9-11-20-10-3-2-4-16(15)20/h5-8,12,15-16H,2-4,9-11H2,1H3,(H,19,21)/t12-,15-,16+/m1/s1. The van der Waals surface area contributed by atoms with E-state index in [0.29, 0.717) is 6.04 Å². The van der Waals surface area contributed by atoms with Crippen molar-refractivity contribution in [2.45, 2.75) is 54.8 Å². The molecule has 2 aliphatic heterocycles. The maximum Gasteiger partial charge on any atom is 0.238 e. The van der Waals surface area contributed by atoms with Crippen LogP contribution in [0.4, 0.5) is 4.39 Å². The summed E-state index contributed by atoms with van der Waals surface area (Å²) in [4.78, 5) is 14.8. The van der Waals surface area contributed by atoms with Gasteiger partial charge in [0.05, 0.1) is 4.90 Å². The molecule has 24 heavy (non-hydrogen) atoms. The lowest BCUT2D eigenvalue weighted by molar-refractivity contribution is -0.121. The van der Waals surface area contributed by atoms with E-state index in [4.69, 9.17) is 0 Å². The largest absolute Gasteiger partial charge is 0.351 e. The first-order chi connectivity index (χ1) is 11.4. The highest BCUT2D eigenvalue weighted by atomic mass is 32.2. The number of nitrogens with zero attached hydrogens (tertiary/aromatic N) is 1. The first kappa shape index (κ1) is 17.4. The number of hydrogen-bond acceptors (Lipinski definition) is 4. The quantitative estimate of drug-likeness (QED) is 0.837. The van der Waals surface area contributed by atoms with Crippen LogP contribution >= 0.6 is 0 Å². The number of piperidine rings is 1. The van der Waals surface area contributed by atoms with Crippen LogP contribution in [0.15, 0.2) is 29.2 Å². The predicted octanol–water partition coefficient (Wildman–Crippen LogP) is 1.73.